The Morgan fingerprint density at radius 2 is 1.32 bits per heavy atom. The molecule has 1 aromatic rings. The Bertz CT molecular complexity index is 409. The molecule has 104 valence electrons. The Labute approximate surface area is 113 Å². The van der Waals surface area contributed by atoms with Crippen LogP contribution < -0.4 is 0 Å². The monoisotopic (exact) mass is 264 g/mol. The van der Waals surface area contributed by atoms with Gasteiger partial charge in [0.2, 0.25) is 0 Å². The highest BCUT2D eigenvalue weighted by Gasteiger charge is 2.10. The summed E-state index contributed by atoms with van der Waals surface area (Å²) in [6.45, 7) is 4.79. The normalized spacial score (nSPS) is 10.0. The summed E-state index contributed by atoms with van der Waals surface area (Å²) in [5.41, 5.74) is 0.890. The third-order valence-electron chi connectivity index (χ3n) is 2.52. The minimum Gasteiger partial charge on any atom is -0.462 e. The maximum absolute atomic E-state index is 11.6. The summed E-state index contributed by atoms with van der Waals surface area (Å²) in [5, 5.41) is 0. The molecule has 0 unspecified atom stereocenters. The second-order valence-corrected chi connectivity index (χ2v) is 4.20. The van der Waals surface area contributed by atoms with Crippen LogP contribution in [0.25, 0.3) is 0 Å². The number of esters is 2. The average Bonchev–Trinajstić information content (AvgIpc) is 2.45. The Kier molecular flexibility index (Phi) is 6.64. The molecule has 0 radical (unpaired) electrons. The zero-order valence-corrected chi connectivity index (χ0v) is 11.5. The number of rotatable bonds is 7. The average molecular weight is 264 g/mol. The van der Waals surface area contributed by atoms with Gasteiger partial charge in [-0.25, -0.2) is 9.59 Å². The molecular formula is C15H20O4. The van der Waals surface area contributed by atoms with Crippen LogP contribution in [0.4, 0.5) is 0 Å². The number of hydrogen-bond acceptors (Lipinski definition) is 4. The lowest BCUT2D eigenvalue weighted by Crippen LogP contribution is -2.08. The quantitative estimate of drug-likeness (QED) is 0.560. The van der Waals surface area contributed by atoms with E-state index in [1.54, 1.807) is 24.3 Å². The standard InChI is InChI=1S/C15H20O4/c1-3-5-11-19-15(17)13-8-6-12(7-9-13)14(16)18-10-4-2/h6-9H,3-5,10-11H2,1-2H3. The lowest BCUT2D eigenvalue weighted by molar-refractivity contribution is 0.0487. The summed E-state index contributed by atoms with van der Waals surface area (Å²) in [7, 11) is 0. The summed E-state index contributed by atoms with van der Waals surface area (Å²) in [4.78, 5) is 23.2. The largest absolute Gasteiger partial charge is 0.462 e. The van der Waals surface area contributed by atoms with E-state index in [4.69, 9.17) is 9.47 Å². The van der Waals surface area contributed by atoms with Crippen LogP contribution in [0.15, 0.2) is 24.3 Å². The van der Waals surface area contributed by atoms with Crippen LogP contribution in [-0.2, 0) is 9.47 Å². The van der Waals surface area contributed by atoms with Crippen molar-refractivity contribution in [2.24, 2.45) is 0 Å². The molecule has 0 fully saturated rings. The fourth-order valence-electron chi connectivity index (χ4n) is 1.41. The van der Waals surface area contributed by atoms with E-state index in [0.717, 1.165) is 19.3 Å². The third-order valence-corrected chi connectivity index (χ3v) is 2.52. The maximum atomic E-state index is 11.6. The van der Waals surface area contributed by atoms with Crippen molar-refractivity contribution in [1.82, 2.24) is 0 Å². The molecule has 0 aromatic heterocycles. The summed E-state index contributed by atoms with van der Waals surface area (Å²) < 4.78 is 10.1. The molecule has 0 saturated carbocycles. The van der Waals surface area contributed by atoms with Gasteiger partial charge >= 0.3 is 11.9 Å². The van der Waals surface area contributed by atoms with E-state index >= 15 is 0 Å². The van der Waals surface area contributed by atoms with Gasteiger partial charge in [-0.3, -0.25) is 0 Å². The van der Waals surface area contributed by atoms with E-state index in [1.165, 1.54) is 0 Å². The summed E-state index contributed by atoms with van der Waals surface area (Å²) in [6, 6.07) is 6.32. The summed E-state index contributed by atoms with van der Waals surface area (Å²) in [5.74, 6) is -0.727. The first-order valence-electron chi connectivity index (χ1n) is 6.63. The van der Waals surface area contributed by atoms with Crippen molar-refractivity contribution < 1.29 is 19.1 Å². The van der Waals surface area contributed by atoms with Gasteiger partial charge in [-0.05, 0) is 37.1 Å². The highest BCUT2D eigenvalue weighted by molar-refractivity contribution is 5.93. The second kappa shape index (κ2) is 8.29. The third kappa shape index (κ3) is 5.12. The predicted molar refractivity (Wildman–Crippen MR) is 72.2 cm³/mol. The predicted octanol–water partition coefficient (Wildman–Crippen LogP) is 3.21. The molecule has 19 heavy (non-hydrogen) atoms. The Morgan fingerprint density at radius 3 is 1.74 bits per heavy atom. The number of hydrogen-bond donors (Lipinski definition) is 0. The molecule has 0 saturated heterocycles. The molecular weight excluding hydrogens is 244 g/mol. The molecule has 4 nitrogen and oxygen atoms in total. The number of carbonyl (C=O) groups is 2. The summed E-state index contributed by atoms with van der Waals surface area (Å²) in [6.07, 6.45) is 2.62. The van der Waals surface area contributed by atoms with Crippen LogP contribution in [0, 0.1) is 0 Å². The van der Waals surface area contributed by atoms with Crippen molar-refractivity contribution in [3.63, 3.8) is 0 Å². The highest BCUT2D eigenvalue weighted by Crippen LogP contribution is 2.08. The van der Waals surface area contributed by atoms with Crippen molar-refractivity contribution in [2.45, 2.75) is 33.1 Å². The molecule has 0 N–H and O–H groups in total. The van der Waals surface area contributed by atoms with Crippen molar-refractivity contribution in [3.8, 4) is 0 Å². The van der Waals surface area contributed by atoms with Crippen molar-refractivity contribution in [2.75, 3.05) is 13.2 Å². The topological polar surface area (TPSA) is 52.6 Å². The zero-order valence-electron chi connectivity index (χ0n) is 11.5. The Balaban J connectivity index is 2.55. The Morgan fingerprint density at radius 1 is 0.842 bits per heavy atom. The molecule has 1 aromatic carbocycles. The minimum atomic E-state index is -0.368. The SMILES string of the molecule is CCCCOC(=O)c1ccc(C(=O)OCCC)cc1. The van der Waals surface area contributed by atoms with Gasteiger partial charge in [-0.2, -0.15) is 0 Å². The van der Waals surface area contributed by atoms with Gasteiger partial charge in [0.25, 0.3) is 0 Å². The fourth-order valence-corrected chi connectivity index (χ4v) is 1.41. The molecule has 0 heterocycles. The van der Waals surface area contributed by atoms with Gasteiger partial charge in [-0.15, -0.1) is 0 Å². The first kappa shape index (κ1) is 15.2. The minimum absolute atomic E-state index is 0.359. The van der Waals surface area contributed by atoms with Crippen LogP contribution in [0.1, 0.15) is 53.8 Å². The van der Waals surface area contributed by atoms with Gasteiger partial charge in [0.15, 0.2) is 0 Å². The van der Waals surface area contributed by atoms with Gasteiger partial charge < -0.3 is 9.47 Å². The van der Waals surface area contributed by atoms with E-state index in [1.807, 2.05) is 13.8 Å². The molecule has 0 bridgehead atoms. The molecule has 4 heteroatoms. The first-order chi connectivity index (χ1) is 9.19. The van der Waals surface area contributed by atoms with E-state index in [9.17, 15) is 9.59 Å². The molecule has 0 aliphatic heterocycles. The number of benzene rings is 1. The zero-order chi connectivity index (χ0) is 14.1. The van der Waals surface area contributed by atoms with Crippen LogP contribution in [0.5, 0.6) is 0 Å². The number of ether oxygens (including phenoxy) is 2. The van der Waals surface area contributed by atoms with E-state index in [0.29, 0.717) is 24.3 Å². The van der Waals surface area contributed by atoms with E-state index in [-0.39, 0.29) is 11.9 Å². The maximum Gasteiger partial charge on any atom is 0.338 e. The molecule has 0 spiro atoms. The van der Waals surface area contributed by atoms with Crippen LogP contribution >= 0.6 is 0 Å². The first-order valence-corrected chi connectivity index (χ1v) is 6.63. The Hall–Kier alpha value is -1.84. The van der Waals surface area contributed by atoms with Gasteiger partial charge in [0.1, 0.15) is 0 Å². The lowest BCUT2D eigenvalue weighted by Gasteiger charge is -2.05. The lowest BCUT2D eigenvalue weighted by atomic mass is 10.1. The molecule has 0 aliphatic carbocycles. The molecule has 0 atom stereocenters. The molecule has 0 aliphatic rings. The van der Waals surface area contributed by atoms with E-state index < -0.39 is 0 Å². The smallest absolute Gasteiger partial charge is 0.338 e. The molecule has 0 amide bonds. The summed E-state index contributed by atoms with van der Waals surface area (Å²) >= 11 is 0. The van der Waals surface area contributed by atoms with Gasteiger partial charge in [-0.1, -0.05) is 20.3 Å². The molecule has 1 rings (SSSR count). The number of carbonyl (C=O) groups excluding carboxylic acids is 2. The van der Waals surface area contributed by atoms with Gasteiger partial charge in [0, 0.05) is 0 Å². The van der Waals surface area contributed by atoms with Crippen molar-refractivity contribution >= 4 is 11.9 Å². The van der Waals surface area contributed by atoms with Crippen molar-refractivity contribution in [1.29, 1.82) is 0 Å². The highest BCUT2D eigenvalue weighted by atomic mass is 16.5. The van der Waals surface area contributed by atoms with E-state index in [2.05, 4.69) is 0 Å². The van der Waals surface area contributed by atoms with Crippen LogP contribution in [0.2, 0.25) is 0 Å². The van der Waals surface area contributed by atoms with Gasteiger partial charge in [0.05, 0.1) is 24.3 Å². The fraction of sp³-hybridized carbons (Fsp3) is 0.467. The number of unbranched alkanes of at least 4 members (excludes halogenated alkanes) is 1. The van der Waals surface area contributed by atoms with Crippen LogP contribution in [0.3, 0.4) is 0 Å². The van der Waals surface area contributed by atoms with Crippen molar-refractivity contribution in [3.05, 3.63) is 35.4 Å². The van der Waals surface area contributed by atoms with Crippen LogP contribution in [-0.4, -0.2) is 25.2 Å². The second-order valence-electron chi connectivity index (χ2n) is 4.20.